The zero-order chi connectivity index (χ0) is 16.4. The molecule has 0 spiro atoms. The summed E-state index contributed by atoms with van der Waals surface area (Å²) >= 11 is 6.23. The Hall–Kier alpha value is -2.14. The summed E-state index contributed by atoms with van der Waals surface area (Å²) in [5.41, 5.74) is 3.04. The van der Waals surface area contributed by atoms with Gasteiger partial charge in [-0.1, -0.05) is 17.7 Å². The van der Waals surface area contributed by atoms with Crippen LogP contribution in [0.3, 0.4) is 0 Å². The molecule has 120 valence electrons. The molecule has 1 aliphatic heterocycles. The topological polar surface area (TPSA) is 58.1 Å². The van der Waals surface area contributed by atoms with Crippen molar-refractivity contribution in [1.29, 1.82) is 0 Å². The molecule has 3 rings (SSSR count). The molecule has 0 unspecified atom stereocenters. The summed E-state index contributed by atoms with van der Waals surface area (Å²) in [6.45, 7) is 5.84. The summed E-state index contributed by atoms with van der Waals surface area (Å²) in [5, 5.41) is 3.38. The van der Waals surface area contributed by atoms with Crippen LogP contribution in [0.2, 0.25) is 5.02 Å². The summed E-state index contributed by atoms with van der Waals surface area (Å²) in [4.78, 5) is 23.1. The Balaban J connectivity index is 1.76. The molecular weight excluding hydrogens is 312 g/mol. The molecule has 1 aliphatic rings. The molecule has 0 bridgehead atoms. The lowest BCUT2D eigenvalue weighted by Gasteiger charge is -2.15. The molecule has 1 N–H and O–H groups in total. The number of nitrogens with zero attached hydrogens (tertiary/aromatic N) is 3. The SMILES string of the molecule is Cc1cc(C)c(NC(=O)c2cnc(N3CCCC3)nc2)c(Cl)c1. The van der Waals surface area contributed by atoms with Crippen molar-refractivity contribution in [3.05, 3.63) is 46.2 Å². The Bertz CT molecular complexity index is 701. The second kappa shape index (κ2) is 6.54. The predicted octanol–water partition coefficient (Wildman–Crippen LogP) is 3.60. The lowest BCUT2D eigenvalue weighted by molar-refractivity contribution is 0.102. The molecule has 1 aromatic carbocycles. The van der Waals surface area contributed by atoms with E-state index in [4.69, 9.17) is 11.6 Å². The summed E-state index contributed by atoms with van der Waals surface area (Å²) in [7, 11) is 0. The summed E-state index contributed by atoms with van der Waals surface area (Å²) in [6, 6.07) is 3.81. The Morgan fingerprint density at radius 3 is 2.43 bits per heavy atom. The first-order chi connectivity index (χ1) is 11.0. The minimum Gasteiger partial charge on any atom is -0.341 e. The summed E-state index contributed by atoms with van der Waals surface area (Å²) in [5.74, 6) is 0.426. The van der Waals surface area contributed by atoms with E-state index in [-0.39, 0.29) is 5.91 Å². The van der Waals surface area contributed by atoms with E-state index in [1.54, 1.807) is 12.4 Å². The summed E-state index contributed by atoms with van der Waals surface area (Å²) < 4.78 is 0. The molecule has 0 radical (unpaired) electrons. The minimum atomic E-state index is -0.258. The van der Waals surface area contributed by atoms with Crippen LogP contribution in [0.4, 0.5) is 11.6 Å². The Morgan fingerprint density at radius 1 is 1.17 bits per heavy atom. The fourth-order valence-corrected chi connectivity index (χ4v) is 3.15. The Morgan fingerprint density at radius 2 is 1.83 bits per heavy atom. The second-order valence-electron chi connectivity index (χ2n) is 5.86. The fraction of sp³-hybridized carbons (Fsp3) is 0.353. The van der Waals surface area contributed by atoms with Gasteiger partial charge in [-0.05, 0) is 43.9 Å². The Labute approximate surface area is 140 Å². The highest BCUT2D eigenvalue weighted by atomic mass is 35.5. The largest absolute Gasteiger partial charge is 0.341 e. The maximum atomic E-state index is 12.4. The summed E-state index contributed by atoms with van der Waals surface area (Å²) in [6.07, 6.45) is 5.45. The smallest absolute Gasteiger partial charge is 0.258 e. The zero-order valence-electron chi connectivity index (χ0n) is 13.3. The van der Waals surface area contributed by atoms with Gasteiger partial charge in [0, 0.05) is 25.5 Å². The molecule has 0 atom stereocenters. The van der Waals surface area contributed by atoms with Gasteiger partial charge in [0.1, 0.15) is 0 Å². The van der Waals surface area contributed by atoms with Crippen LogP contribution in [-0.2, 0) is 0 Å². The van der Waals surface area contributed by atoms with Crippen molar-refractivity contribution in [2.45, 2.75) is 26.7 Å². The van der Waals surface area contributed by atoms with Gasteiger partial charge in [0.25, 0.3) is 5.91 Å². The first-order valence-corrected chi connectivity index (χ1v) is 8.07. The monoisotopic (exact) mass is 330 g/mol. The van der Waals surface area contributed by atoms with Gasteiger partial charge in [-0.2, -0.15) is 0 Å². The number of amides is 1. The fourth-order valence-electron chi connectivity index (χ4n) is 2.78. The van der Waals surface area contributed by atoms with Gasteiger partial charge in [-0.3, -0.25) is 4.79 Å². The molecule has 2 aromatic rings. The van der Waals surface area contributed by atoms with Gasteiger partial charge in [-0.15, -0.1) is 0 Å². The molecule has 0 saturated carbocycles. The van der Waals surface area contributed by atoms with Crippen LogP contribution in [0.15, 0.2) is 24.5 Å². The van der Waals surface area contributed by atoms with Crippen LogP contribution in [0.25, 0.3) is 0 Å². The number of carbonyl (C=O) groups is 1. The number of aromatic nitrogens is 2. The third kappa shape index (κ3) is 3.45. The predicted molar refractivity (Wildman–Crippen MR) is 92.4 cm³/mol. The second-order valence-corrected chi connectivity index (χ2v) is 6.27. The minimum absolute atomic E-state index is 0.258. The van der Waals surface area contributed by atoms with Crippen LogP contribution in [0, 0.1) is 13.8 Å². The molecule has 23 heavy (non-hydrogen) atoms. The van der Waals surface area contributed by atoms with Crippen molar-refractivity contribution >= 4 is 29.1 Å². The third-order valence-corrected chi connectivity index (χ3v) is 4.26. The highest BCUT2D eigenvalue weighted by molar-refractivity contribution is 6.34. The lowest BCUT2D eigenvalue weighted by atomic mass is 10.1. The number of halogens is 1. The molecule has 1 amide bonds. The first-order valence-electron chi connectivity index (χ1n) is 7.69. The van der Waals surface area contributed by atoms with Crippen LogP contribution in [0.1, 0.15) is 34.3 Å². The van der Waals surface area contributed by atoms with Crippen LogP contribution in [-0.4, -0.2) is 29.0 Å². The quantitative estimate of drug-likeness (QED) is 0.934. The maximum absolute atomic E-state index is 12.4. The first kappa shape index (κ1) is 15.7. The molecular formula is C17H19ClN4O. The maximum Gasteiger partial charge on any atom is 0.258 e. The number of nitrogens with one attached hydrogen (secondary N) is 1. The van der Waals surface area contributed by atoms with Gasteiger partial charge >= 0.3 is 0 Å². The van der Waals surface area contributed by atoms with E-state index in [0.29, 0.717) is 22.2 Å². The van der Waals surface area contributed by atoms with E-state index in [2.05, 4.69) is 20.2 Å². The number of hydrogen-bond acceptors (Lipinski definition) is 4. The van der Waals surface area contributed by atoms with Crippen LogP contribution < -0.4 is 10.2 Å². The molecule has 1 saturated heterocycles. The number of carbonyl (C=O) groups excluding carboxylic acids is 1. The van der Waals surface area contributed by atoms with Crippen molar-refractivity contribution in [2.24, 2.45) is 0 Å². The van der Waals surface area contributed by atoms with E-state index >= 15 is 0 Å². The van der Waals surface area contributed by atoms with Crippen molar-refractivity contribution in [3.8, 4) is 0 Å². The van der Waals surface area contributed by atoms with Gasteiger partial charge < -0.3 is 10.2 Å². The molecule has 6 heteroatoms. The van der Waals surface area contributed by atoms with Crippen molar-refractivity contribution in [3.63, 3.8) is 0 Å². The molecule has 2 heterocycles. The third-order valence-electron chi connectivity index (χ3n) is 3.96. The van der Waals surface area contributed by atoms with Gasteiger partial charge in [0.05, 0.1) is 16.3 Å². The number of hydrogen-bond donors (Lipinski definition) is 1. The van der Waals surface area contributed by atoms with Crippen molar-refractivity contribution in [2.75, 3.05) is 23.3 Å². The molecule has 1 fully saturated rings. The highest BCUT2D eigenvalue weighted by Crippen LogP contribution is 2.27. The highest BCUT2D eigenvalue weighted by Gasteiger charge is 2.16. The van der Waals surface area contributed by atoms with Crippen LogP contribution >= 0.6 is 11.6 Å². The normalized spacial score (nSPS) is 14.1. The van der Waals surface area contributed by atoms with E-state index < -0.39 is 0 Å². The number of benzene rings is 1. The Kier molecular flexibility index (Phi) is 4.48. The van der Waals surface area contributed by atoms with Crippen molar-refractivity contribution in [1.82, 2.24) is 9.97 Å². The van der Waals surface area contributed by atoms with Crippen LogP contribution in [0.5, 0.6) is 0 Å². The van der Waals surface area contributed by atoms with Gasteiger partial charge in [-0.25, -0.2) is 9.97 Å². The van der Waals surface area contributed by atoms with Gasteiger partial charge in [0.2, 0.25) is 5.95 Å². The molecule has 1 aromatic heterocycles. The van der Waals surface area contributed by atoms with Crippen molar-refractivity contribution < 1.29 is 4.79 Å². The van der Waals surface area contributed by atoms with E-state index in [0.717, 1.165) is 37.1 Å². The average molecular weight is 331 g/mol. The van der Waals surface area contributed by atoms with E-state index in [1.807, 2.05) is 26.0 Å². The van der Waals surface area contributed by atoms with E-state index in [1.165, 1.54) is 0 Å². The molecule has 5 nitrogen and oxygen atoms in total. The molecule has 0 aliphatic carbocycles. The average Bonchev–Trinajstić information content (AvgIpc) is 3.05. The van der Waals surface area contributed by atoms with E-state index in [9.17, 15) is 4.79 Å². The standard InChI is InChI=1S/C17H19ClN4O/c1-11-7-12(2)15(14(18)8-11)21-16(23)13-9-19-17(20-10-13)22-5-3-4-6-22/h7-10H,3-6H2,1-2H3,(H,21,23). The van der Waals surface area contributed by atoms with Gasteiger partial charge in [0.15, 0.2) is 0 Å². The number of aryl methyl sites for hydroxylation is 2. The lowest BCUT2D eigenvalue weighted by Crippen LogP contribution is -2.21. The number of anilines is 2. The zero-order valence-corrected chi connectivity index (χ0v) is 14.0. The number of rotatable bonds is 3.